The molecule has 0 N–H and O–H groups in total. The highest BCUT2D eigenvalue weighted by atomic mass is 16.7. The third kappa shape index (κ3) is 5.61. The van der Waals surface area contributed by atoms with Crippen LogP contribution in [0, 0.1) is 0 Å². The van der Waals surface area contributed by atoms with Gasteiger partial charge in [-0.1, -0.05) is 0 Å². The quantitative estimate of drug-likeness (QED) is 0.113. The summed E-state index contributed by atoms with van der Waals surface area (Å²) >= 11 is 0. The van der Waals surface area contributed by atoms with Gasteiger partial charge >= 0.3 is 5.97 Å². The van der Waals surface area contributed by atoms with E-state index in [0.717, 1.165) is 18.8 Å². The highest BCUT2D eigenvalue weighted by molar-refractivity contribution is 6.01. The number of hydrogen-bond donors (Lipinski definition) is 0. The number of carbonyl (C=O) groups is 3. The number of nitrogens with zero attached hydrogens (tertiary/aromatic N) is 3. The van der Waals surface area contributed by atoms with Gasteiger partial charge in [-0.2, -0.15) is 0 Å². The fraction of sp³-hybridized carbons (Fsp3) is 0.367. The highest BCUT2D eigenvalue weighted by Crippen LogP contribution is 2.33. The Morgan fingerprint density at radius 3 is 2.48 bits per heavy atom. The number of benzene rings is 3. The van der Waals surface area contributed by atoms with Gasteiger partial charge in [-0.3, -0.25) is 14.4 Å². The summed E-state index contributed by atoms with van der Waals surface area (Å²) in [6.45, 7) is 6.35. The van der Waals surface area contributed by atoms with Crippen LogP contribution in [0.5, 0.6) is 5.75 Å². The van der Waals surface area contributed by atoms with Gasteiger partial charge in [-0.25, -0.2) is 9.78 Å². The monoisotopic (exact) mass is 545 g/mol. The molecule has 40 heavy (non-hydrogen) atoms. The molecule has 1 fully saturated rings. The van der Waals surface area contributed by atoms with Gasteiger partial charge < -0.3 is 18.9 Å². The van der Waals surface area contributed by atoms with E-state index in [4.69, 9.17) is 19.0 Å². The average molecular weight is 546 g/mol. The van der Waals surface area contributed by atoms with Gasteiger partial charge in [0.1, 0.15) is 17.0 Å². The lowest BCUT2D eigenvalue weighted by atomic mass is 10.0. The first kappa shape index (κ1) is 27.1. The molecule has 0 unspecified atom stereocenters. The highest BCUT2D eigenvalue weighted by Gasteiger charge is 2.32. The third-order valence-corrected chi connectivity index (χ3v) is 7.02. The Bertz CT molecular complexity index is 1590. The van der Waals surface area contributed by atoms with Crippen molar-refractivity contribution in [1.82, 2.24) is 10.0 Å². The first-order valence-corrected chi connectivity index (χ1v) is 13.6. The SMILES string of the molecule is CCN(CC)c1ccc2nc3c4cc(OCCCCCC(=O)ON5C(=O)CCC5=O)ccc4c(=O)cc-3oc2c1. The van der Waals surface area contributed by atoms with Crippen molar-refractivity contribution in [1.29, 1.82) is 0 Å². The van der Waals surface area contributed by atoms with Crippen molar-refractivity contribution in [2.75, 3.05) is 24.6 Å². The van der Waals surface area contributed by atoms with Gasteiger partial charge in [0.15, 0.2) is 16.8 Å². The molecule has 2 aromatic carbocycles. The Morgan fingerprint density at radius 1 is 0.950 bits per heavy atom. The van der Waals surface area contributed by atoms with Crippen molar-refractivity contribution in [2.24, 2.45) is 0 Å². The molecule has 2 aromatic rings. The first-order chi connectivity index (χ1) is 19.4. The average Bonchev–Trinajstić information content (AvgIpc) is 3.26. The van der Waals surface area contributed by atoms with Crippen LogP contribution >= 0.6 is 0 Å². The minimum atomic E-state index is -0.603. The Kier molecular flexibility index (Phi) is 7.95. The number of hydrogen-bond acceptors (Lipinski definition) is 9. The first-order valence-electron chi connectivity index (χ1n) is 13.6. The maximum absolute atomic E-state index is 12.8. The maximum Gasteiger partial charge on any atom is 0.333 e. The van der Waals surface area contributed by atoms with Crippen molar-refractivity contribution < 1.29 is 28.4 Å². The summed E-state index contributed by atoms with van der Waals surface area (Å²) in [7, 11) is 0. The molecule has 10 nitrogen and oxygen atoms in total. The number of anilines is 1. The van der Waals surface area contributed by atoms with Crippen LogP contribution in [-0.4, -0.2) is 47.5 Å². The Morgan fingerprint density at radius 2 is 1.73 bits per heavy atom. The van der Waals surface area contributed by atoms with Crippen LogP contribution in [-0.2, 0) is 19.2 Å². The normalized spacial score (nSPS) is 13.5. The summed E-state index contributed by atoms with van der Waals surface area (Å²) in [6, 6.07) is 12.7. The second-order valence-corrected chi connectivity index (χ2v) is 9.67. The summed E-state index contributed by atoms with van der Waals surface area (Å²) in [6.07, 6.45) is 2.16. The van der Waals surface area contributed by atoms with Gasteiger partial charge in [-0.15, -0.1) is 5.06 Å². The number of hydroxylamine groups is 2. The molecule has 0 radical (unpaired) electrons. The molecule has 2 heterocycles. The molecular formula is C30H31N3O7. The van der Waals surface area contributed by atoms with E-state index in [1.165, 1.54) is 6.07 Å². The molecule has 2 aliphatic heterocycles. The van der Waals surface area contributed by atoms with Crippen LogP contribution in [0.3, 0.4) is 0 Å². The predicted octanol–water partition coefficient (Wildman–Crippen LogP) is 4.84. The molecule has 1 aliphatic carbocycles. The van der Waals surface area contributed by atoms with E-state index in [1.54, 1.807) is 18.2 Å². The van der Waals surface area contributed by atoms with E-state index in [0.29, 0.717) is 70.0 Å². The van der Waals surface area contributed by atoms with Crippen molar-refractivity contribution >= 4 is 45.3 Å². The van der Waals surface area contributed by atoms with E-state index in [2.05, 4.69) is 18.7 Å². The summed E-state index contributed by atoms with van der Waals surface area (Å²) in [5.74, 6) is -0.554. The molecule has 0 bridgehead atoms. The van der Waals surface area contributed by atoms with Crippen LogP contribution in [0.2, 0.25) is 0 Å². The van der Waals surface area contributed by atoms with Gasteiger partial charge in [0.2, 0.25) is 0 Å². The van der Waals surface area contributed by atoms with E-state index in [9.17, 15) is 19.2 Å². The van der Waals surface area contributed by atoms with Crippen molar-refractivity contribution in [2.45, 2.75) is 52.4 Å². The molecule has 10 heteroatoms. The zero-order chi connectivity index (χ0) is 28.2. The Balaban J connectivity index is 1.23. The topological polar surface area (TPSA) is 119 Å². The number of amides is 2. The summed E-state index contributed by atoms with van der Waals surface area (Å²) in [5.41, 5.74) is 2.80. The molecule has 0 saturated carbocycles. The number of fused-ring (bicyclic) bond motifs is 4. The number of carbonyl (C=O) groups excluding carboxylic acids is 3. The zero-order valence-corrected chi connectivity index (χ0v) is 22.6. The molecule has 0 spiro atoms. The number of ether oxygens (including phenoxy) is 1. The van der Waals surface area contributed by atoms with Gasteiger partial charge in [0.05, 0.1) is 6.61 Å². The Labute approximate surface area is 230 Å². The van der Waals surface area contributed by atoms with E-state index >= 15 is 0 Å². The van der Waals surface area contributed by atoms with E-state index < -0.39 is 17.8 Å². The van der Waals surface area contributed by atoms with E-state index in [-0.39, 0.29) is 24.7 Å². The fourth-order valence-electron chi connectivity index (χ4n) is 4.86. The largest absolute Gasteiger partial charge is 0.494 e. The van der Waals surface area contributed by atoms with Gasteiger partial charge in [0.25, 0.3) is 11.8 Å². The zero-order valence-electron chi connectivity index (χ0n) is 22.6. The fourth-order valence-corrected chi connectivity index (χ4v) is 4.86. The van der Waals surface area contributed by atoms with Gasteiger partial charge in [0, 0.05) is 60.9 Å². The minimum Gasteiger partial charge on any atom is -0.494 e. The second-order valence-electron chi connectivity index (χ2n) is 9.67. The summed E-state index contributed by atoms with van der Waals surface area (Å²) < 4.78 is 12.1. The summed E-state index contributed by atoms with van der Waals surface area (Å²) in [4.78, 5) is 59.7. The molecule has 2 amide bonds. The minimum absolute atomic E-state index is 0.0728. The lowest BCUT2D eigenvalue weighted by Gasteiger charge is -2.21. The standard InChI is InChI=1S/C30H31N3O7/c1-3-32(4-2)19-9-12-23-25(16-19)39-26-18-24(34)21-11-10-20(17-22(21)30(26)31-23)38-15-7-5-6-8-29(37)40-33-27(35)13-14-28(33)36/h9-12,16-18H,3-8,13-15H2,1-2H3. The molecule has 5 rings (SSSR count). The molecule has 0 atom stereocenters. The van der Waals surface area contributed by atoms with Crippen molar-refractivity contribution in [3.8, 4) is 17.2 Å². The molecule has 1 saturated heterocycles. The third-order valence-electron chi connectivity index (χ3n) is 7.02. The predicted molar refractivity (Wildman–Crippen MR) is 149 cm³/mol. The second kappa shape index (κ2) is 11.7. The van der Waals surface area contributed by atoms with Crippen molar-refractivity contribution in [3.05, 3.63) is 52.7 Å². The molecule has 3 aliphatic rings. The molecule has 208 valence electrons. The van der Waals surface area contributed by atoms with Crippen molar-refractivity contribution in [3.63, 3.8) is 0 Å². The number of unbranched alkanes of at least 4 members (excludes halogenated alkanes) is 2. The van der Waals surface area contributed by atoms with Crippen LogP contribution in [0.4, 0.5) is 5.69 Å². The number of imide groups is 1. The van der Waals surface area contributed by atoms with E-state index in [1.807, 2.05) is 18.2 Å². The molecule has 0 aromatic heterocycles. The number of rotatable bonds is 11. The maximum atomic E-state index is 12.8. The van der Waals surface area contributed by atoms with Crippen LogP contribution < -0.4 is 15.1 Å². The summed E-state index contributed by atoms with van der Waals surface area (Å²) in [5, 5.41) is 1.76. The van der Waals surface area contributed by atoms with Crippen LogP contribution in [0.25, 0.3) is 33.3 Å². The smallest absolute Gasteiger partial charge is 0.333 e. The number of aromatic nitrogens is 1. The molecular weight excluding hydrogens is 514 g/mol. The van der Waals surface area contributed by atoms with Crippen LogP contribution in [0.15, 0.2) is 51.7 Å². The van der Waals surface area contributed by atoms with Crippen LogP contribution in [0.1, 0.15) is 52.4 Å². The van der Waals surface area contributed by atoms with Gasteiger partial charge in [-0.05, 0) is 63.4 Å². The lowest BCUT2D eigenvalue weighted by molar-refractivity contribution is -0.197. The Hall–Kier alpha value is -4.47. The lowest BCUT2D eigenvalue weighted by Crippen LogP contribution is -2.31.